The van der Waals surface area contributed by atoms with Gasteiger partial charge in [-0.3, -0.25) is 4.79 Å². The highest BCUT2D eigenvalue weighted by Gasteiger charge is 2.34. The predicted molar refractivity (Wildman–Crippen MR) is 122 cm³/mol. The molecule has 0 atom stereocenters. The molecule has 0 aromatic carbocycles. The quantitative estimate of drug-likeness (QED) is 0.219. The minimum absolute atomic E-state index is 0.610. The number of thioether (sulfide) groups is 1. The smallest absolute Gasteiger partial charge is 0.319 e. The number of rotatable bonds is 16. The van der Waals surface area contributed by atoms with Gasteiger partial charge < -0.3 is 5.11 Å². The van der Waals surface area contributed by atoms with Gasteiger partial charge in [0.25, 0.3) is 0 Å². The van der Waals surface area contributed by atoms with Crippen molar-refractivity contribution in [3.8, 4) is 0 Å². The fourth-order valence-electron chi connectivity index (χ4n) is 2.51. The molecule has 0 aromatic heterocycles. The van der Waals surface area contributed by atoms with Crippen LogP contribution in [0, 0.1) is 0 Å². The van der Waals surface area contributed by atoms with E-state index in [1.807, 2.05) is 13.8 Å². The van der Waals surface area contributed by atoms with Crippen molar-refractivity contribution in [3.63, 3.8) is 0 Å². The Labute approximate surface area is 171 Å². The molecule has 0 saturated heterocycles. The summed E-state index contributed by atoms with van der Waals surface area (Å²) in [5.41, 5.74) is 0. The van der Waals surface area contributed by atoms with Gasteiger partial charge in [0, 0.05) is 0 Å². The zero-order valence-corrected chi connectivity index (χ0v) is 18.2. The second kappa shape index (κ2) is 17.9. The van der Waals surface area contributed by atoms with E-state index in [2.05, 4.69) is 67.7 Å². The van der Waals surface area contributed by atoms with E-state index >= 15 is 0 Å². The maximum atomic E-state index is 11.4. The van der Waals surface area contributed by atoms with Gasteiger partial charge in [-0.05, 0) is 57.1 Å². The topological polar surface area (TPSA) is 37.3 Å². The number of aliphatic carboxylic acids is 1. The minimum atomic E-state index is -0.679. The van der Waals surface area contributed by atoms with Crippen LogP contribution < -0.4 is 0 Å². The van der Waals surface area contributed by atoms with E-state index in [0.717, 1.165) is 44.3 Å². The summed E-state index contributed by atoms with van der Waals surface area (Å²) in [7, 11) is 0. The molecule has 0 amide bonds. The number of hydrogen-bond donors (Lipinski definition) is 1. The van der Waals surface area contributed by atoms with Crippen LogP contribution in [0.3, 0.4) is 0 Å². The van der Waals surface area contributed by atoms with Crippen LogP contribution in [-0.2, 0) is 4.79 Å². The van der Waals surface area contributed by atoms with E-state index in [-0.39, 0.29) is 0 Å². The molecule has 152 valence electrons. The van der Waals surface area contributed by atoms with Gasteiger partial charge in [-0.2, -0.15) is 0 Å². The van der Waals surface area contributed by atoms with Gasteiger partial charge in [-0.25, -0.2) is 0 Å². The molecule has 0 saturated carbocycles. The lowest BCUT2D eigenvalue weighted by atomic mass is 10.0. The molecule has 0 aliphatic heterocycles. The molecule has 1 N–H and O–H groups in total. The summed E-state index contributed by atoms with van der Waals surface area (Å²) in [6, 6.07) is 0. The fourth-order valence-corrected chi connectivity index (χ4v) is 3.69. The van der Waals surface area contributed by atoms with Crippen molar-refractivity contribution in [2.45, 2.75) is 76.9 Å². The number of carboxylic acids is 1. The third-order valence-corrected chi connectivity index (χ3v) is 6.10. The molecular weight excluding hydrogens is 352 g/mol. The Kier molecular flexibility index (Phi) is 16.9. The summed E-state index contributed by atoms with van der Waals surface area (Å²) in [5.74, 6) is 0.180. The molecule has 0 aromatic rings. The number of carbonyl (C=O) groups is 1. The molecule has 2 nitrogen and oxygen atoms in total. The second-order valence-corrected chi connectivity index (χ2v) is 7.83. The van der Waals surface area contributed by atoms with E-state index in [1.165, 1.54) is 0 Å². The van der Waals surface area contributed by atoms with Crippen LogP contribution in [0.4, 0.5) is 0 Å². The lowest BCUT2D eigenvalue weighted by Crippen LogP contribution is -2.33. The molecule has 0 aliphatic rings. The largest absolute Gasteiger partial charge is 0.480 e. The lowest BCUT2D eigenvalue weighted by Gasteiger charge is -2.25. The van der Waals surface area contributed by atoms with E-state index in [0.29, 0.717) is 12.8 Å². The average Bonchev–Trinajstić information content (AvgIpc) is 2.67. The number of hydrogen-bond acceptors (Lipinski definition) is 2. The maximum Gasteiger partial charge on any atom is 0.319 e. The molecule has 0 heterocycles. The Morgan fingerprint density at radius 1 is 0.741 bits per heavy atom. The van der Waals surface area contributed by atoms with Crippen LogP contribution in [-0.4, -0.2) is 21.6 Å². The van der Waals surface area contributed by atoms with Crippen LogP contribution in [0.5, 0.6) is 0 Å². The van der Waals surface area contributed by atoms with Gasteiger partial charge in [0.2, 0.25) is 0 Å². The zero-order valence-electron chi connectivity index (χ0n) is 17.4. The monoisotopic (exact) mass is 390 g/mol. The number of allylic oxidation sites excluding steroid dienone is 10. The van der Waals surface area contributed by atoms with E-state index < -0.39 is 10.7 Å². The molecule has 0 spiro atoms. The highest BCUT2D eigenvalue weighted by atomic mass is 32.2. The molecule has 0 radical (unpaired) electrons. The van der Waals surface area contributed by atoms with Crippen molar-refractivity contribution >= 4 is 17.7 Å². The van der Waals surface area contributed by atoms with Crippen molar-refractivity contribution in [1.29, 1.82) is 0 Å². The molecular formula is C24H38O2S. The molecule has 0 bridgehead atoms. The van der Waals surface area contributed by atoms with Crippen molar-refractivity contribution < 1.29 is 9.90 Å². The summed E-state index contributed by atoms with van der Waals surface area (Å²) >= 11 is 1.58. The summed E-state index contributed by atoms with van der Waals surface area (Å²) in [6.07, 6.45) is 29.2. The van der Waals surface area contributed by atoms with E-state index in [1.54, 1.807) is 11.8 Å². The Morgan fingerprint density at radius 3 is 1.52 bits per heavy atom. The van der Waals surface area contributed by atoms with Crippen LogP contribution in [0.25, 0.3) is 0 Å². The second-order valence-electron chi connectivity index (χ2n) is 6.35. The molecule has 0 unspecified atom stereocenters. The Balaban J connectivity index is 3.78. The van der Waals surface area contributed by atoms with Gasteiger partial charge in [-0.15, -0.1) is 11.8 Å². The van der Waals surface area contributed by atoms with E-state index in [4.69, 9.17) is 0 Å². The van der Waals surface area contributed by atoms with Gasteiger partial charge in [0.05, 0.1) is 0 Å². The summed E-state index contributed by atoms with van der Waals surface area (Å²) in [6.45, 7) is 6.07. The van der Waals surface area contributed by atoms with Crippen LogP contribution >= 0.6 is 11.8 Å². The zero-order chi connectivity index (χ0) is 20.2. The Hall–Kier alpha value is -1.48. The standard InChI is InChI=1S/C24H38O2S/c1-4-7-8-9-10-11-12-13-14-15-16-17-18-19-20-21-22-27-24(5-2,6-3)23(25)26/h7-8,10-11,13-14,16-17,19-20H,4-6,9,12,15,18,21-22H2,1-3H3,(H,25,26)/b8-7-,11-10-,14-13-,17-16-,20-19-. The maximum absolute atomic E-state index is 11.4. The molecule has 27 heavy (non-hydrogen) atoms. The van der Waals surface area contributed by atoms with Crippen LogP contribution in [0.1, 0.15) is 72.1 Å². The van der Waals surface area contributed by atoms with E-state index in [9.17, 15) is 9.90 Å². The van der Waals surface area contributed by atoms with Crippen molar-refractivity contribution in [2.24, 2.45) is 0 Å². The van der Waals surface area contributed by atoms with Crippen molar-refractivity contribution in [1.82, 2.24) is 0 Å². The van der Waals surface area contributed by atoms with Crippen molar-refractivity contribution in [3.05, 3.63) is 60.8 Å². The normalized spacial score (nSPS) is 13.3. The third-order valence-electron chi connectivity index (χ3n) is 4.35. The molecule has 0 fully saturated rings. The van der Waals surface area contributed by atoms with Gasteiger partial charge in [0.15, 0.2) is 0 Å². The predicted octanol–water partition coefficient (Wildman–Crippen LogP) is 7.50. The van der Waals surface area contributed by atoms with Crippen LogP contribution in [0.2, 0.25) is 0 Å². The van der Waals surface area contributed by atoms with Gasteiger partial charge in [0.1, 0.15) is 4.75 Å². The highest BCUT2D eigenvalue weighted by molar-refractivity contribution is 8.01. The molecule has 0 aliphatic carbocycles. The van der Waals surface area contributed by atoms with Gasteiger partial charge >= 0.3 is 5.97 Å². The molecule has 0 rings (SSSR count). The first kappa shape index (κ1) is 25.5. The van der Waals surface area contributed by atoms with Gasteiger partial charge in [-0.1, -0.05) is 81.5 Å². The summed E-state index contributed by atoms with van der Waals surface area (Å²) in [5, 5.41) is 9.40. The fraction of sp³-hybridized carbons (Fsp3) is 0.542. The Morgan fingerprint density at radius 2 is 1.15 bits per heavy atom. The highest BCUT2D eigenvalue weighted by Crippen LogP contribution is 2.33. The number of carboxylic acid groups (broad SMARTS) is 1. The minimum Gasteiger partial charge on any atom is -0.480 e. The summed E-state index contributed by atoms with van der Waals surface area (Å²) in [4.78, 5) is 11.4. The first-order chi connectivity index (χ1) is 13.1. The lowest BCUT2D eigenvalue weighted by molar-refractivity contribution is -0.140. The SMILES string of the molecule is CC/C=C\C/C=C\C/C=C\C/C=C\C/C=C\CCSC(CC)(CC)C(=O)O. The first-order valence-corrected chi connectivity index (χ1v) is 11.2. The van der Waals surface area contributed by atoms with Crippen molar-refractivity contribution in [2.75, 3.05) is 5.75 Å². The Bertz CT molecular complexity index is 508. The van der Waals surface area contributed by atoms with Crippen LogP contribution in [0.15, 0.2) is 60.8 Å². The first-order valence-electron chi connectivity index (χ1n) is 10.2. The molecule has 3 heteroatoms. The third kappa shape index (κ3) is 13.4. The average molecular weight is 391 g/mol. The summed E-state index contributed by atoms with van der Waals surface area (Å²) < 4.78 is -0.610.